The molecule has 0 aliphatic carbocycles. The molecule has 16 heteroatoms. The minimum absolute atomic E-state index is 0.278. The minimum Gasteiger partial charge on any atom is -0.491 e. The molecular weight excluding hydrogens is 1510 g/mol. The Morgan fingerprint density at radius 2 is 0.275 bits per heavy atom. The fourth-order valence-corrected chi connectivity index (χ4v) is 13.6. The predicted molar refractivity (Wildman–Crippen MR) is 462 cm³/mol. The van der Waals surface area contributed by atoms with Gasteiger partial charge in [-0.2, -0.15) is 0 Å². The summed E-state index contributed by atoms with van der Waals surface area (Å²) in [4.78, 5) is 0. The van der Waals surface area contributed by atoms with Crippen LogP contribution in [0, 0.1) is 0 Å². The first-order valence-corrected chi connectivity index (χ1v) is 42.2. The van der Waals surface area contributed by atoms with Crippen LogP contribution in [0.15, 0.2) is 291 Å². The first-order valence-electron chi connectivity index (χ1n) is 42.2. The molecule has 8 heterocycles. The average molecular weight is 1610 g/mol. The molecule has 16 nitrogen and oxygen atoms in total. The van der Waals surface area contributed by atoms with E-state index >= 15 is 0 Å². The van der Waals surface area contributed by atoms with E-state index < -0.39 is 0 Å². The highest BCUT2D eigenvalue weighted by Gasteiger charge is 2.28. The van der Waals surface area contributed by atoms with E-state index in [1.807, 2.05) is 72.8 Å². The van der Waals surface area contributed by atoms with Crippen LogP contribution >= 0.6 is 0 Å². The zero-order valence-electron chi connectivity index (χ0n) is 67.8. The summed E-state index contributed by atoms with van der Waals surface area (Å²) in [6.07, 6.45) is 9.52. The molecule has 0 saturated carbocycles. The zero-order valence-corrected chi connectivity index (χ0v) is 67.8. The molecule has 0 bridgehead atoms. The molecule has 8 aliphatic rings. The molecule has 0 amide bonds. The van der Waals surface area contributed by atoms with E-state index in [9.17, 15) is 0 Å². The van der Waals surface area contributed by atoms with Gasteiger partial charge in [0.2, 0.25) is 0 Å². The maximum atomic E-state index is 5.80. The molecule has 0 aromatic heterocycles. The lowest BCUT2D eigenvalue weighted by Gasteiger charge is -2.09. The molecule has 616 valence electrons. The average Bonchev–Trinajstić information content (AvgIpc) is 1.58. The molecule has 120 heavy (non-hydrogen) atoms. The second kappa shape index (κ2) is 41.1. The van der Waals surface area contributed by atoms with Crippen LogP contribution in [-0.4, -0.2) is 155 Å². The van der Waals surface area contributed by atoms with Crippen molar-refractivity contribution in [2.24, 2.45) is 0 Å². The van der Waals surface area contributed by atoms with Crippen molar-refractivity contribution in [3.8, 4) is 46.0 Å². The van der Waals surface area contributed by atoms with Gasteiger partial charge in [0.15, 0.2) is 0 Å². The lowest BCUT2D eigenvalue weighted by atomic mass is 10.00. The largest absolute Gasteiger partial charge is 0.491 e. The fourth-order valence-electron chi connectivity index (χ4n) is 13.6. The molecule has 12 aromatic rings. The second-order valence-electron chi connectivity index (χ2n) is 32.0. The van der Waals surface area contributed by atoms with Crippen LogP contribution in [0.1, 0.15) is 89.0 Å². The summed E-state index contributed by atoms with van der Waals surface area (Å²) < 4.78 is 87.5. The van der Waals surface area contributed by atoms with E-state index in [0.29, 0.717) is 52.9 Å². The summed E-state index contributed by atoms with van der Waals surface area (Å²) in [5.74, 6) is 7.27. The minimum atomic E-state index is 0.278. The van der Waals surface area contributed by atoms with Crippen molar-refractivity contribution in [1.29, 1.82) is 0 Å². The monoisotopic (exact) mass is 1610 g/mol. The van der Waals surface area contributed by atoms with Gasteiger partial charge < -0.3 is 75.8 Å². The van der Waals surface area contributed by atoms with Crippen molar-refractivity contribution < 1.29 is 75.8 Å². The van der Waals surface area contributed by atoms with Gasteiger partial charge in [0, 0.05) is 0 Å². The van der Waals surface area contributed by atoms with Crippen LogP contribution in [0.4, 0.5) is 0 Å². The van der Waals surface area contributed by atoms with Gasteiger partial charge in [-0.15, -0.1) is 0 Å². The Balaban J connectivity index is 0.000000114. The van der Waals surface area contributed by atoms with E-state index in [4.69, 9.17) is 75.8 Å². The van der Waals surface area contributed by atoms with Crippen LogP contribution in [0.3, 0.4) is 0 Å². The van der Waals surface area contributed by atoms with Crippen molar-refractivity contribution in [2.45, 2.75) is 100 Å². The van der Waals surface area contributed by atoms with Gasteiger partial charge in [-0.25, -0.2) is 0 Å². The van der Waals surface area contributed by atoms with Gasteiger partial charge in [-0.1, -0.05) is 194 Å². The summed E-state index contributed by atoms with van der Waals surface area (Å²) >= 11 is 0. The van der Waals surface area contributed by atoms with Crippen LogP contribution < -0.4 is 37.9 Å². The first kappa shape index (κ1) is 81.1. The zero-order chi connectivity index (χ0) is 80.7. The maximum Gasteiger partial charge on any atom is 0.119 e. The number of benzene rings is 12. The summed E-state index contributed by atoms with van der Waals surface area (Å²) in [5, 5.41) is 0. The standard InChI is InChI=1S/4C26H26O4/c1-3-21(13-23(5-1)27-15-25-17-29-25)11-19-7-9-20(10-8-19)12-22-4-2-6-24(14-22)28-16-26-18-30-26;1-2-20(14-22-7-11-24(12-8-22)28-16-26-18-30-26)4-3-19(1)13-21-5-9-23(10-6-21)27-15-25-17-29-25;2*1-2-22(14-24(3-1)28-16-26-18-30-26)13-20-6-4-19(5-7-20)12-21-8-10-23(11-9-21)27-15-25-17-29-25/h1-10,13-14,25-26H,11-12,15-18H2;1-12,25-26H,13-18H2;2*1-11,14,25-26H,12-13,15-18H2. The van der Waals surface area contributed by atoms with Gasteiger partial charge in [-0.05, 0) is 237 Å². The van der Waals surface area contributed by atoms with Gasteiger partial charge in [-0.3, -0.25) is 0 Å². The van der Waals surface area contributed by atoms with E-state index in [0.717, 1.165) is 150 Å². The summed E-state index contributed by atoms with van der Waals surface area (Å²) in [6.45, 7) is 11.7. The molecule has 8 unspecified atom stereocenters. The summed E-state index contributed by atoms with van der Waals surface area (Å²) in [6, 6.07) is 102. The molecule has 8 saturated heterocycles. The third-order valence-corrected chi connectivity index (χ3v) is 21.4. The SMILES string of the molecule is c1cc(Cc2ccc(Cc3ccc(OCC4CO4)cc3)cc2)cc(OCC2CO2)c1.c1cc(Cc2ccc(Cc3ccc(OCC4CO4)cc3)cc2)cc(OCC2CO2)c1.c1cc(Cc2ccc(Cc3cccc(OCC4CO4)c3)cc2)cc(OCC2CO2)c1.c1cc(Cc2ccc(OCC3CO3)cc2)ccc1Cc1ccc(OCC2CO2)cc1. The third-order valence-electron chi connectivity index (χ3n) is 21.4. The quantitative estimate of drug-likeness (QED) is 0.0331. The van der Waals surface area contributed by atoms with Crippen LogP contribution in [-0.2, 0) is 89.3 Å². The molecule has 0 radical (unpaired) electrons. The van der Waals surface area contributed by atoms with Crippen LogP contribution in [0.2, 0.25) is 0 Å². The Morgan fingerprint density at radius 1 is 0.150 bits per heavy atom. The van der Waals surface area contributed by atoms with Crippen molar-refractivity contribution in [1.82, 2.24) is 0 Å². The number of epoxide rings is 8. The van der Waals surface area contributed by atoms with Gasteiger partial charge in [0.05, 0.1) is 52.9 Å². The smallest absolute Gasteiger partial charge is 0.119 e. The topological polar surface area (TPSA) is 174 Å². The first-order chi connectivity index (χ1) is 59.2. The molecular formula is C104H104O16. The lowest BCUT2D eigenvalue weighted by Crippen LogP contribution is -2.04. The number of rotatable bonds is 40. The normalized spacial score (nSPS) is 19.3. The number of hydrogen-bond donors (Lipinski definition) is 0. The number of hydrogen-bond acceptors (Lipinski definition) is 16. The third kappa shape index (κ3) is 28.5. The van der Waals surface area contributed by atoms with Crippen molar-refractivity contribution in [2.75, 3.05) is 106 Å². The Labute approximate surface area is 704 Å². The highest BCUT2D eigenvalue weighted by molar-refractivity contribution is 5.42. The van der Waals surface area contributed by atoms with Crippen LogP contribution in [0.25, 0.3) is 0 Å². The highest BCUT2D eigenvalue weighted by atomic mass is 16.6. The van der Waals surface area contributed by atoms with Gasteiger partial charge >= 0.3 is 0 Å². The molecule has 0 spiro atoms. The second-order valence-corrected chi connectivity index (χ2v) is 32.0. The van der Waals surface area contributed by atoms with E-state index in [-0.39, 0.29) is 48.8 Å². The fraction of sp³-hybridized carbons (Fsp3) is 0.308. The molecule has 8 fully saturated rings. The molecule has 8 atom stereocenters. The maximum absolute atomic E-state index is 5.80. The van der Waals surface area contributed by atoms with Crippen molar-refractivity contribution in [3.05, 3.63) is 380 Å². The lowest BCUT2D eigenvalue weighted by molar-refractivity contribution is 0.263. The van der Waals surface area contributed by atoms with E-state index in [1.165, 1.54) is 89.0 Å². The van der Waals surface area contributed by atoms with Gasteiger partial charge in [0.1, 0.15) is 148 Å². The molecule has 12 aromatic carbocycles. The summed E-state index contributed by atoms with van der Waals surface area (Å²) in [5.41, 5.74) is 20.6. The molecule has 20 rings (SSSR count). The Kier molecular flexibility index (Phi) is 27.8. The van der Waals surface area contributed by atoms with Gasteiger partial charge in [0.25, 0.3) is 0 Å². The molecule has 8 aliphatic heterocycles. The van der Waals surface area contributed by atoms with Crippen molar-refractivity contribution >= 4 is 0 Å². The Hall–Kier alpha value is -11.3. The highest BCUT2D eigenvalue weighted by Crippen LogP contribution is 2.29. The summed E-state index contributed by atoms with van der Waals surface area (Å²) in [7, 11) is 0. The Bertz CT molecular complexity index is 4800. The van der Waals surface area contributed by atoms with E-state index in [1.54, 1.807) is 0 Å². The number of ether oxygens (including phenoxy) is 16. The Morgan fingerprint density at radius 3 is 0.417 bits per heavy atom. The van der Waals surface area contributed by atoms with E-state index in [2.05, 4.69) is 218 Å². The predicted octanol–water partition coefficient (Wildman–Crippen LogP) is 17.7. The molecule has 0 N–H and O–H groups in total. The van der Waals surface area contributed by atoms with Crippen molar-refractivity contribution in [3.63, 3.8) is 0 Å². The van der Waals surface area contributed by atoms with Crippen LogP contribution in [0.5, 0.6) is 46.0 Å².